The van der Waals surface area contributed by atoms with E-state index in [1.54, 1.807) is 0 Å². The first-order valence-corrected chi connectivity index (χ1v) is 12.1. The lowest BCUT2D eigenvalue weighted by Crippen LogP contribution is -2.49. The molecule has 2 heterocycles. The SMILES string of the molecule is CCNC(=NCc1ccccc1CN1CCCC(C)C1)NC1CCN(C(C)C)CC1.I. The number of rotatable bonds is 7. The molecule has 2 aliphatic heterocycles. The molecule has 0 radical (unpaired) electrons. The maximum absolute atomic E-state index is 4.96. The Hall–Kier alpha value is -0.860. The van der Waals surface area contributed by atoms with Crippen LogP contribution in [0.3, 0.4) is 0 Å². The minimum Gasteiger partial charge on any atom is -0.357 e. The monoisotopic (exact) mass is 541 g/mol. The standard InChI is InChI=1S/C25H43N5.HI/c1-5-26-25(28-24-12-15-30(16-13-24)20(2)3)27-17-22-10-6-7-11-23(22)19-29-14-8-9-21(4)18-29;/h6-7,10-11,20-21,24H,5,8-9,12-19H2,1-4H3,(H2,26,27,28);1H. The molecule has 1 unspecified atom stereocenters. The van der Waals surface area contributed by atoms with Crippen molar-refractivity contribution < 1.29 is 0 Å². The van der Waals surface area contributed by atoms with E-state index in [9.17, 15) is 0 Å². The van der Waals surface area contributed by atoms with E-state index in [2.05, 4.69) is 72.4 Å². The lowest BCUT2D eigenvalue weighted by atomic mass is 9.99. The topological polar surface area (TPSA) is 42.9 Å². The van der Waals surface area contributed by atoms with Crippen LogP contribution in [0, 0.1) is 5.92 Å². The van der Waals surface area contributed by atoms with E-state index in [0.29, 0.717) is 12.1 Å². The number of benzene rings is 1. The van der Waals surface area contributed by atoms with Gasteiger partial charge in [0.25, 0.3) is 0 Å². The number of likely N-dealkylation sites (tertiary alicyclic amines) is 2. The Morgan fingerprint density at radius 1 is 1.10 bits per heavy atom. The second-order valence-corrected chi connectivity index (χ2v) is 9.49. The summed E-state index contributed by atoms with van der Waals surface area (Å²) in [6.07, 6.45) is 5.07. The average molecular weight is 542 g/mol. The van der Waals surface area contributed by atoms with Crippen LogP contribution in [-0.2, 0) is 13.1 Å². The van der Waals surface area contributed by atoms with Crippen molar-refractivity contribution in [3.8, 4) is 0 Å². The molecule has 0 aromatic heterocycles. The number of aliphatic imine (C=N–C) groups is 1. The number of nitrogens with zero attached hydrogens (tertiary/aromatic N) is 3. The van der Waals surface area contributed by atoms with Gasteiger partial charge in [0, 0.05) is 44.8 Å². The van der Waals surface area contributed by atoms with E-state index in [4.69, 9.17) is 4.99 Å². The Labute approximate surface area is 207 Å². The quantitative estimate of drug-likeness (QED) is 0.304. The van der Waals surface area contributed by atoms with Crippen LogP contribution in [0.1, 0.15) is 64.5 Å². The lowest BCUT2D eigenvalue weighted by Gasteiger charge is -2.35. The molecular formula is C25H44IN5. The second-order valence-electron chi connectivity index (χ2n) is 9.49. The number of halogens is 1. The fourth-order valence-electron chi connectivity index (χ4n) is 4.78. The Bertz CT molecular complexity index is 670. The molecule has 31 heavy (non-hydrogen) atoms. The molecule has 2 N–H and O–H groups in total. The molecule has 5 nitrogen and oxygen atoms in total. The fraction of sp³-hybridized carbons (Fsp3) is 0.720. The highest BCUT2D eigenvalue weighted by molar-refractivity contribution is 14.0. The number of piperidine rings is 2. The highest BCUT2D eigenvalue weighted by atomic mass is 127. The van der Waals surface area contributed by atoms with Crippen molar-refractivity contribution in [2.45, 2.75) is 78.6 Å². The van der Waals surface area contributed by atoms with Gasteiger partial charge in [-0.1, -0.05) is 31.2 Å². The van der Waals surface area contributed by atoms with Gasteiger partial charge in [-0.05, 0) is 70.0 Å². The molecule has 2 fully saturated rings. The van der Waals surface area contributed by atoms with Gasteiger partial charge in [-0.15, -0.1) is 24.0 Å². The van der Waals surface area contributed by atoms with Gasteiger partial charge >= 0.3 is 0 Å². The van der Waals surface area contributed by atoms with Crippen molar-refractivity contribution in [2.75, 3.05) is 32.7 Å². The summed E-state index contributed by atoms with van der Waals surface area (Å²) in [5.74, 6) is 1.78. The van der Waals surface area contributed by atoms with Gasteiger partial charge in [0.05, 0.1) is 6.54 Å². The first-order chi connectivity index (χ1) is 14.5. The van der Waals surface area contributed by atoms with Crippen LogP contribution in [0.2, 0.25) is 0 Å². The third-order valence-corrected chi connectivity index (χ3v) is 6.61. The molecule has 0 aliphatic carbocycles. The normalized spacial score (nSPS) is 21.7. The van der Waals surface area contributed by atoms with Gasteiger partial charge in [0.15, 0.2) is 5.96 Å². The van der Waals surface area contributed by atoms with Gasteiger partial charge in [0.1, 0.15) is 0 Å². The smallest absolute Gasteiger partial charge is 0.191 e. The van der Waals surface area contributed by atoms with E-state index in [-0.39, 0.29) is 24.0 Å². The number of guanidine groups is 1. The molecule has 1 atom stereocenters. The maximum atomic E-state index is 4.96. The minimum absolute atomic E-state index is 0. The average Bonchev–Trinajstić information content (AvgIpc) is 2.73. The summed E-state index contributed by atoms with van der Waals surface area (Å²) in [6, 6.07) is 10.0. The van der Waals surface area contributed by atoms with Crippen molar-refractivity contribution in [1.29, 1.82) is 0 Å². The summed E-state index contributed by atoms with van der Waals surface area (Å²) in [5.41, 5.74) is 2.78. The van der Waals surface area contributed by atoms with E-state index in [0.717, 1.165) is 31.5 Å². The zero-order valence-electron chi connectivity index (χ0n) is 20.1. The first kappa shape index (κ1) is 26.4. The predicted molar refractivity (Wildman–Crippen MR) is 143 cm³/mol. The highest BCUT2D eigenvalue weighted by Crippen LogP contribution is 2.20. The molecule has 176 valence electrons. The molecule has 0 amide bonds. The molecule has 3 rings (SSSR count). The van der Waals surface area contributed by atoms with E-state index < -0.39 is 0 Å². The molecule has 6 heteroatoms. The van der Waals surface area contributed by atoms with Crippen molar-refractivity contribution in [3.05, 3.63) is 35.4 Å². The largest absolute Gasteiger partial charge is 0.357 e. The van der Waals surface area contributed by atoms with Crippen LogP contribution in [0.15, 0.2) is 29.3 Å². The van der Waals surface area contributed by atoms with Crippen LogP contribution in [0.4, 0.5) is 0 Å². The Morgan fingerprint density at radius 2 is 1.81 bits per heavy atom. The third-order valence-electron chi connectivity index (χ3n) is 6.61. The van der Waals surface area contributed by atoms with Gasteiger partial charge in [-0.3, -0.25) is 4.90 Å². The Kier molecular flexibility index (Phi) is 11.6. The van der Waals surface area contributed by atoms with E-state index in [1.165, 1.54) is 63.0 Å². The fourth-order valence-corrected chi connectivity index (χ4v) is 4.78. The number of hydrogen-bond donors (Lipinski definition) is 2. The van der Waals surface area contributed by atoms with Crippen molar-refractivity contribution in [1.82, 2.24) is 20.4 Å². The van der Waals surface area contributed by atoms with Crippen LogP contribution >= 0.6 is 24.0 Å². The molecule has 2 aliphatic rings. The maximum Gasteiger partial charge on any atom is 0.191 e. The van der Waals surface area contributed by atoms with Crippen molar-refractivity contribution in [3.63, 3.8) is 0 Å². The van der Waals surface area contributed by atoms with Gasteiger partial charge in [-0.25, -0.2) is 4.99 Å². The summed E-state index contributed by atoms with van der Waals surface area (Å²) < 4.78 is 0. The van der Waals surface area contributed by atoms with E-state index in [1.807, 2.05) is 0 Å². The Morgan fingerprint density at radius 3 is 2.45 bits per heavy atom. The van der Waals surface area contributed by atoms with Gasteiger partial charge in [-0.2, -0.15) is 0 Å². The first-order valence-electron chi connectivity index (χ1n) is 12.1. The summed E-state index contributed by atoms with van der Waals surface area (Å²) in [7, 11) is 0. The van der Waals surface area contributed by atoms with Crippen LogP contribution in [0.25, 0.3) is 0 Å². The molecule has 1 aromatic carbocycles. The molecule has 0 bridgehead atoms. The zero-order chi connectivity index (χ0) is 21.3. The number of hydrogen-bond acceptors (Lipinski definition) is 3. The molecule has 2 saturated heterocycles. The van der Waals surface area contributed by atoms with E-state index >= 15 is 0 Å². The predicted octanol–water partition coefficient (Wildman–Crippen LogP) is 4.46. The minimum atomic E-state index is 0. The van der Waals surface area contributed by atoms with Crippen LogP contribution in [-0.4, -0.2) is 60.6 Å². The molecule has 0 saturated carbocycles. The summed E-state index contributed by atoms with van der Waals surface area (Å²) in [6.45, 7) is 16.6. The van der Waals surface area contributed by atoms with Gasteiger partial charge in [0.2, 0.25) is 0 Å². The summed E-state index contributed by atoms with van der Waals surface area (Å²) in [4.78, 5) is 10.1. The van der Waals surface area contributed by atoms with Crippen LogP contribution in [0.5, 0.6) is 0 Å². The van der Waals surface area contributed by atoms with Crippen molar-refractivity contribution in [2.24, 2.45) is 10.9 Å². The second kappa shape index (κ2) is 13.6. The summed E-state index contributed by atoms with van der Waals surface area (Å²) >= 11 is 0. The zero-order valence-corrected chi connectivity index (χ0v) is 22.4. The highest BCUT2D eigenvalue weighted by Gasteiger charge is 2.21. The van der Waals surface area contributed by atoms with Crippen molar-refractivity contribution >= 4 is 29.9 Å². The third kappa shape index (κ3) is 8.54. The molecule has 1 aromatic rings. The molecule has 0 spiro atoms. The summed E-state index contributed by atoms with van der Waals surface area (Å²) in [5, 5.41) is 7.15. The molecular weight excluding hydrogens is 497 g/mol. The van der Waals surface area contributed by atoms with Crippen LogP contribution < -0.4 is 10.6 Å². The Balaban J connectivity index is 0.00000341. The lowest BCUT2D eigenvalue weighted by molar-refractivity contribution is 0.167. The number of nitrogens with one attached hydrogen (secondary N) is 2. The van der Waals surface area contributed by atoms with Gasteiger partial charge < -0.3 is 15.5 Å².